The maximum Gasteiger partial charge on any atom is 0.262 e. The second-order valence-electron chi connectivity index (χ2n) is 5.95. The third-order valence-electron chi connectivity index (χ3n) is 4.03. The Kier molecular flexibility index (Phi) is 4.97. The Morgan fingerprint density at radius 1 is 1.28 bits per heavy atom. The summed E-state index contributed by atoms with van der Waals surface area (Å²) in [6.07, 6.45) is 1.40. The predicted octanol–water partition coefficient (Wildman–Crippen LogP) is 3.28. The van der Waals surface area contributed by atoms with Crippen molar-refractivity contribution < 1.29 is 18.7 Å². The van der Waals surface area contributed by atoms with Gasteiger partial charge < -0.3 is 15.0 Å². The molecule has 1 aliphatic rings. The van der Waals surface area contributed by atoms with Crippen molar-refractivity contribution >= 4 is 23.2 Å². The number of anilines is 2. The molecule has 2 aromatic rings. The van der Waals surface area contributed by atoms with Gasteiger partial charge in [-0.3, -0.25) is 9.59 Å². The van der Waals surface area contributed by atoms with Gasteiger partial charge in [0.15, 0.2) is 6.61 Å². The number of ether oxygens (including phenoxy) is 1. The van der Waals surface area contributed by atoms with Crippen molar-refractivity contribution in [1.82, 2.24) is 0 Å². The summed E-state index contributed by atoms with van der Waals surface area (Å²) < 4.78 is 19.0. The summed E-state index contributed by atoms with van der Waals surface area (Å²) in [7, 11) is 0. The van der Waals surface area contributed by atoms with Crippen LogP contribution in [0.4, 0.5) is 15.8 Å². The number of carbonyl (C=O) groups excluding carboxylic acids is 2. The average molecular weight is 342 g/mol. The van der Waals surface area contributed by atoms with E-state index in [-0.39, 0.29) is 24.2 Å². The summed E-state index contributed by atoms with van der Waals surface area (Å²) in [6, 6.07) is 11.6. The van der Waals surface area contributed by atoms with Crippen molar-refractivity contribution in [3.63, 3.8) is 0 Å². The highest BCUT2D eigenvalue weighted by atomic mass is 19.1. The zero-order valence-electron chi connectivity index (χ0n) is 13.9. The van der Waals surface area contributed by atoms with E-state index in [1.807, 2.05) is 6.07 Å². The van der Waals surface area contributed by atoms with Crippen LogP contribution in [0.2, 0.25) is 0 Å². The lowest BCUT2D eigenvalue weighted by Crippen LogP contribution is -2.24. The molecule has 1 saturated heterocycles. The fraction of sp³-hybridized carbons (Fsp3) is 0.263. The van der Waals surface area contributed by atoms with Crippen LogP contribution >= 0.6 is 0 Å². The molecule has 1 N–H and O–H groups in total. The van der Waals surface area contributed by atoms with Gasteiger partial charge in [-0.1, -0.05) is 12.1 Å². The topological polar surface area (TPSA) is 58.6 Å². The number of halogens is 1. The first-order valence-electron chi connectivity index (χ1n) is 8.12. The van der Waals surface area contributed by atoms with Crippen molar-refractivity contribution in [3.8, 4) is 5.75 Å². The lowest BCUT2D eigenvalue weighted by Gasteiger charge is -2.16. The molecule has 0 saturated carbocycles. The van der Waals surface area contributed by atoms with Gasteiger partial charge in [0, 0.05) is 30.4 Å². The summed E-state index contributed by atoms with van der Waals surface area (Å²) in [4.78, 5) is 25.5. The van der Waals surface area contributed by atoms with Gasteiger partial charge in [-0.2, -0.15) is 0 Å². The quantitative estimate of drug-likeness (QED) is 0.907. The second kappa shape index (κ2) is 7.34. The van der Waals surface area contributed by atoms with Crippen LogP contribution in [0.15, 0.2) is 42.5 Å². The highest BCUT2D eigenvalue weighted by Crippen LogP contribution is 2.25. The summed E-state index contributed by atoms with van der Waals surface area (Å²) in [6.45, 7) is 2.15. The number of nitrogens with zero attached hydrogens (tertiary/aromatic N) is 1. The Hall–Kier alpha value is -2.89. The molecule has 2 aromatic carbocycles. The monoisotopic (exact) mass is 342 g/mol. The van der Waals surface area contributed by atoms with E-state index in [9.17, 15) is 14.0 Å². The van der Waals surface area contributed by atoms with Gasteiger partial charge in [0.25, 0.3) is 5.91 Å². The number of benzene rings is 2. The first kappa shape index (κ1) is 17.0. The molecular formula is C19H19FN2O3. The Labute approximate surface area is 145 Å². The molecule has 130 valence electrons. The normalized spacial score (nSPS) is 13.8. The van der Waals surface area contributed by atoms with Crippen molar-refractivity contribution in [1.29, 1.82) is 0 Å². The fourth-order valence-corrected chi connectivity index (χ4v) is 2.68. The van der Waals surface area contributed by atoms with Crippen LogP contribution in [0.3, 0.4) is 0 Å². The molecule has 1 fully saturated rings. The Balaban J connectivity index is 1.58. The highest BCUT2D eigenvalue weighted by molar-refractivity contribution is 5.95. The van der Waals surface area contributed by atoms with E-state index in [1.54, 1.807) is 42.2 Å². The highest BCUT2D eigenvalue weighted by Gasteiger charge is 2.21. The van der Waals surface area contributed by atoms with E-state index >= 15 is 0 Å². The van der Waals surface area contributed by atoms with E-state index in [1.165, 1.54) is 6.07 Å². The van der Waals surface area contributed by atoms with E-state index in [4.69, 9.17) is 4.74 Å². The minimum Gasteiger partial charge on any atom is -0.484 e. The molecule has 25 heavy (non-hydrogen) atoms. The molecule has 1 aliphatic heterocycles. The summed E-state index contributed by atoms with van der Waals surface area (Å²) in [5.74, 6) is -0.161. The third kappa shape index (κ3) is 4.15. The zero-order valence-corrected chi connectivity index (χ0v) is 13.9. The molecule has 0 bridgehead atoms. The summed E-state index contributed by atoms with van der Waals surface area (Å²) in [5.41, 5.74) is 1.66. The Morgan fingerprint density at radius 2 is 2.12 bits per heavy atom. The van der Waals surface area contributed by atoms with Gasteiger partial charge in [-0.25, -0.2) is 4.39 Å². The zero-order chi connectivity index (χ0) is 17.8. The van der Waals surface area contributed by atoms with Gasteiger partial charge in [0.1, 0.15) is 11.6 Å². The average Bonchev–Trinajstić information content (AvgIpc) is 3.03. The molecule has 1 heterocycles. The van der Waals surface area contributed by atoms with E-state index in [0.29, 0.717) is 30.0 Å². The minimum atomic E-state index is -0.383. The molecule has 5 nitrogen and oxygen atoms in total. The Bertz CT molecular complexity index is 807. The smallest absolute Gasteiger partial charge is 0.262 e. The van der Waals surface area contributed by atoms with Crippen molar-refractivity contribution in [2.45, 2.75) is 19.8 Å². The van der Waals surface area contributed by atoms with Crippen LogP contribution < -0.4 is 15.0 Å². The van der Waals surface area contributed by atoms with Crippen LogP contribution in [0.1, 0.15) is 18.4 Å². The SMILES string of the molecule is Cc1ccc(NC(=O)COc2cccc(N3CCCC3=O)c2)cc1F. The molecule has 2 amide bonds. The van der Waals surface area contributed by atoms with Crippen LogP contribution in [0, 0.1) is 12.7 Å². The molecule has 3 rings (SSSR count). The first-order chi connectivity index (χ1) is 12.0. The molecule has 0 radical (unpaired) electrons. The lowest BCUT2D eigenvalue weighted by molar-refractivity contribution is -0.118. The Morgan fingerprint density at radius 3 is 2.84 bits per heavy atom. The number of rotatable bonds is 5. The lowest BCUT2D eigenvalue weighted by atomic mass is 10.2. The molecule has 0 spiro atoms. The van der Waals surface area contributed by atoms with Crippen LogP contribution in [0.25, 0.3) is 0 Å². The van der Waals surface area contributed by atoms with Gasteiger partial charge in [-0.05, 0) is 43.2 Å². The van der Waals surface area contributed by atoms with E-state index in [2.05, 4.69) is 5.32 Å². The number of hydrogen-bond donors (Lipinski definition) is 1. The molecule has 0 unspecified atom stereocenters. The predicted molar refractivity (Wildman–Crippen MR) is 93.3 cm³/mol. The van der Waals surface area contributed by atoms with Crippen LogP contribution in [-0.2, 0) is 9.59 Å². The molecule has 0 aromatic heterocycles. The number of carbonyl (C=O) groups is 2. The molecular weight excluding hydrogens is 323 g/mol. The van der Waals surface area contributed by atoms with Crippen LogP contribution in [0.5, 0.6) is 5.75 Å². The molecule has 6 heteroatoms. The number of nitrogens with one attached hydrogen (secondary N) is 1. The fourth-order valence-electron chi connectivity index (χ4n) is 2.68. The number of amides is 2. The third-order valence-corrected chi connectivity index (χ3v) is 4.03. The van der Waals surface area contributed by atoms with Gasteiger partial charge >= 0.3 is 0 Å². The van der Waals surface area contributed by atoms with Gasteiger partial charge in [0.2, 0.25) is 5.91 Å². The first-order valence-corrected chi connectivity index (χ1v) is 8.12. The van der Waals surface area contributed by atoms with E-state index < -0.39 is 0 Å². The second-order valence-corrected chi connectivity index (χ2v) is 5.95. The van der Waals surface area contributed by atoms with Crippen molar-refractivity contribution in [2.24, 2.45) is 0 Å². The van der Waals surface area contributed by atoms with Crippen molar-refractivity contribution in [3.05, 3.63) is 53.8 Å². The largest absolute Gasteiger partial charge is 0.484 e. The van der Waals surface area contributed by atoms with Gasteiger partial charge in [-0.15, -0.1) is 0 Å². The number of aryl methyl sites for hydroxylation is 1. The maximum atomic E-state index is 13.5. The number of hydrogen-bond acceptors (Lipinski definition) is 3. The maximum absolute atomic E-state index is 13.5. The summed E-state index contributed by atoms with van der Waals surface area (Å²) in [5, 5.41) is 2.59. The van der Waals surface area contributed by atoms with E-state index in [0.717, 1.165) is 12.1 Å². The van der Waals surface area contributed by atoms with Crippen LogP contribution in [-0.4, -0.2) is 25.0 Å². The summed E-state index contributed by atoms with van der Waals surface area (Å²) >= 11 is 0. The van der Waals surface area contributed by atoms with Crippen molar-refractivity contribution in [2.75, 3.05) is 23.4 Å². The minimum absolute atomic E-state index is 0.0938. The standard InChI is InChI=1S/C19H19FN2O3/c1-13-7-8-14(10-17(13)20)21-18(23)12-25-16-5-2-4-15(11-16)22-9-3-6-19(22)24/h2,4-5,7-8,10-11H,3,6,9,12H2,1H3,(H,21,23). The van der Waals surface area contributed by atoms with Gasteiger partial charge in [0.05, 0.1) is 0 Å². The molecule has 0 atom stereocenters. The molecule has 0 aliphatic carbocycles.